The zero-order chi connectivity index (χ0) is 13.9. The van der Waals surface area contributed by atoms with Crippen LogP contribution in [0.25, 0.3) is 0 Å². The summed E-state index contributed by atoms with van der Waals surface area (Å²) in [5.74, 6) is 0.861. The molecule has 19 heavy (non-hydrogen) atoms. The first-order chi connectivity index (χ1) is 9.02. The van der Waals surface area contributed by atoms with Crippen molar-refractivity contribution in [1.29, 1.82) is 0 Å². The Morgan fingerprint density at radius 3 is 2.74 bits per heavy atom. The minimum absolute atomic E-state index is 0.502. The third-order valence-corrected chi connectivity index (χ3v) is 3.58. The molecule has 1 aromatic rings. The summed E-state index contributed by atoms with van der Waals surface area (Å²) >= 11 is 0. The number of likely N-dealkylation sites (N-methyl/N-ethyl adjacent to an activating group) is 1. The zero-order valence-corrected chi connectivity index (χ0v) is 11.7. The van der Waals surface area contributed by atoms with Gasteiger partial charge in [0, 0.05) is 51.9 Å². The number of nitrogens with zero attached hydrogens (tertiary/aromatic N) is 2. The number of aromatic nitrogens is 1. The van der Waals surface area contributed by atoms with Crippen LogP contribution in [0.3, 0.4) is 0 Å². The van der Waals surface area contributed by atoms with Gasteiger partial charge in [0.2, 0.25) is 0 Å². The third-order valence-electron chi connectivity index (χ3n) is 3.58. The molecule has 0 saturated carbocycles. The molecule has 0 amide bonds. The average Bonchev–Trinajstić information content (AvgIpc) is 2.38. The first-order valence-corrected chi connectivity index (χ1v) is 6.71. The van der Waals surface area contributed by atoms with Crippen LogP contribution in [0.1, 0.15) is 24.1 Å². The standard InChI is InChI=1S/C14H23N3O2/c1-11-7-12(9-15)8-13(16-11)17(2)10-14(18)3-5-19-6-4-14/h7-8,18H,3-6,9-10,15H2,1-2H3. The molecule has 2 rings (SSSR count). The highest BCUT2D eigenvalue weighted by Crippen LogP contribution is 2.23. The molecule has 0 atom stereocenters. The fourth-order valence-electron chi connectivity index (χ4n) is 2.47. The van der Waals surface area contributed by atoms with E-state index >= 15 is 0 Å². The number of aliphatic hydroxyl groups is 1. The van der Waals surface area contributed by atoms with Crippen LogP contribution in [0.5, 0.6) is 0 Å². The number of hydrogen-bond acceptors (Lipinski definition) is 5. The number of pyridine rings is 1. The van der Waals surface area contributed by atoms with Gasteiger partial charge in [-0.1, -0.05) is 0 Å². The highest BCUT2D eigenvalue weighted by Gasteiger charge is 2.31. The van der Waals surface area contributed by atoms with E-state index in [0.717, 1.165) is 17.1 Å². The molecular weight excluding hydrogens is 242 g/mol. The van der Waals surface area contributed by atoms with Gasteiger partial charge in [-0.25, -0.2) is 4.98 Å². The van der Waals surface area contributed by atoms with E-state index in [4.69, 9.17) is 10.5 Å². The maximum Gasteiger partial charge on any atom is 0.128 e. The summed E-state index contributed by atoms with van der Waals surface area (Å²) in [7, 11) is 1.95. The molecule has 1 saturated heterocycles. The normalized spacial score (nSPS) is 18.3. The Hall–Kier alpha value is -1.17. The van der Waals surface area contributed by atoms with Crippen LogP contribution in [0.2, 0.25) is 0 Å². The molecule has 0 aromatic carbocycles. The summed E-state index contributed by atoms with van der Waals surface area (Å²) in [5.41, 5.74) is 7.02. The molecule has 106 valence electrons. The first-order valence-electron chi connectivity index (χ1n) is 6.71. The molecule has 5 nitrogen and oxygen atoms in total. The number of ether oxygens (including phenoxy) is 1. The topological polar surface area (TPSA) is 71.6 Å². The van der Waals surface area contributed by atoms with E-state index in [9.17, 15) is 5.11 Å². The summed E-state index contributed by atoms with van der Waals surface area (Å²) in [6, 6.07) is 3.97. The fraction of sp³-hybridized carbons (Fsp3) is 0.643. The van der Waals surface area contributed by atoms with Crippen molar-refractivity contribution in [2.45, 2.75) is 31.9 Å². The van der Waals surface area contributed by atoms with Gasteiger partial charge >= 0.3 is 0 Å². The molecule has 2 heterocycles. The van der Waals surface area contributed by atoms with E-state index in [-0.39, 0.29) is 0 Å². The lowest BCUT2D eigenvalue weighted by Gasteiger charge is -2.36. The minimum Gasteiger partial charge on any atom is -0.388 e. The Labute approximate surface area is 114 Å². The van der Waals surface area contributed by atoms with Crippen LogP contribution < -0.4 is 10.6 Å². The summed E-state index contributed by atoms with van der Waals surface area (Å²) in [4.78, 5) is 6.50. The quantitative estimate of drug-likeness (QED) is 0.843. The molecule has 5 heteroatoms. The van der Waals surface area contributed by atoms with Crippen LogP contribution in [-0.2, 0) is 11.3 Å². The van der Waals surface area contributed by atoms with Crippen molar-refractivity contribution in [1.82, 2.24) is 4.98 Å². The minimum atomic E-state index is -0.679. The molecule has 3 N–H and O–H groups in total. The fourth-order valence-corrected chi connectivity index (χ4v) is 2.47. The zero-order valence-electron chi connectivity index (χ0n) is 11.7. The molecule has 0 aliphatic carbocycles. The Kier molecular flexibility index (Phi) is 4.39. The van der Waals surface area contributed by atoms with Gasteiger partial charge in [-0.2, -0.15) is 0 Å². The maximum atomic E-state index is 10.5. The predicted octanol–water partition coefficient (Wildman–Crippen LogP) is 0.826. The van der Waals surface area contributed by atoms with Crippen molar-refractivity contribution in [2.24, 2.45) is 5.73 Å². The van der Waals surface area contributed by atoms with Gasteiger partial charge in [0.25, 0.3) is 0 Å². The molecule has 0 spiro atoms. The molecular formula is C14H23N3O2. The first kappa shape index (κ1) is 14.2. The van der Waals surface area contributed by atoms with Gasteiger partial charge in [0.1, 0.15) is 5.82 Å². The lowest BCUT2D eigenvalue weighted by atomic mass is 9.94. The summed E-state index contributed by atoms with van der Waals surface area (Å²) in [6.45, 7) is 4.28. The Morgan fingerprint density at radius 1 is 1.42 bits per heavy atom. The molecule has 0 bridgehead atoms. The van der Waals surface area contributed by atoms with Crippen molar-refractivity contribution >= 4 is 5.82 Å². The van der Waals surface area contributed by atoms with Crippen molar-refractivity contribution in [3.05, 3.63) is 23.4 Å². The summed E-state index contributed by atoms with van der Waals surface area (Å²) < 4.78 is 5.30. The highest BCUT2D eigenvalue weighted by molar-refractivity contribution is 5.42. The largest absolute Gasteiger partial charge is 0.388 e. The van der Waals surface area contributed by atoms with E-state index in [2.05, 4.69) is 4.98 Å². The predicted molar refractivity (Wildman–Crippen MR) is 75.1 cm³/mol. The Bertz CT molecular complexity index is 431. The lowest BCUT2D eigenvalue weighted by Crippen LogP contribution is -2.46. The number of rotatable bonds is 4. The third kappa shape index (κ3) is 3.65. The molecule has 0 unspecified atom stereocenters. The number of anilines is 1. The second kappa shape index (κ2) is 5.86. The molecule has 0 radical (unpaired) electrons. The Morgan fingerprint density at radius 2 is 2.11 bits per heavy atom. The number of hydrogen-bond donors (Lipinski definition) is 2. The van der Waals surface area contributed by atoms with Crippen molar-refractivity contribution in [3.63, 3.8) is 0 Å². The number of nitrogens with two attached hydrogens (primary N) is 1. The van der Waals surface area contributed by atoms with Crippen molar-refractivity contribution < 1.29 is 9.84 Å². The van der Waals surface area contributed by atoms with Gasteiger partial charge < -0.3 is 20.5 Å². The van der Waals surface area contributed by atoms with Crippen molar-refractivity contribution in [2.75, 3.05) is 31.7 Å². The number of aryl methyl sites for hydroxylation is 1. The van der Waals surface area contributed by atoms with Crippen LogP contribution in [-0.4, -0.2) is 42.5 Å². The van der Waals surface area contributed by atoms with Gasteiger partial charge in [-0.3, -0.25) is 0 Å². The smallest absolute Gasteiger partial charge is 0.128 e. The van der Waals surface area contributed by atoms with Crippen LogP contribution in [0.15, 0.2) is 12.1 Å². The maximum absolute atomic E-state index is 10.5. The summed E-state index contributed by atoms with van der Waals surface area (Å²) in [6.07, 6.45) is 1.35. The van der Waals surface area contributed by atoms with Crippen molar-refractivity contribution in [3.8, 4) is 0 Å². The average molecular weight is 265 g/mol. The second-order valence-electron chi connectivity index (χ2n) is 5.37. The molecule has 1 fully saturated rings. The van der Waals surface area contributed by atoms with Gasteiger partial charge in [-0.15, -0.1) is 0 Å². The second-order valence-corrected chi connectivity index (χ2v) is 5.37. The van der Waals surface area contributed by atoms with Gasteiger partial charge in [0.15, 0.2) is 0 Å². The van der Waals surface area contributed by atoms with E-state index in [1.807, 2.05) is 31.0 Å². The Balaban J connectivity index is 2.10. The van der Waals surface area contributed by atoms with Gasteiger partial charge in [-0.05, 0) is 24.6 Å². The lowest BCUT2D eigenvalue weighted by molar-refractivity contribution is -0.0573. The van der Waals surface area contributed by atoms with Crippen LogP contribution >= 0.6 is 0 Å². The monoisotopic (exact) mass is 265 g/mol. The van der Waals surface area contributed by atoms with Gasteiger partial charge in [0.05, 0.1) is 5.60 Å². The van der Waals surface area contributed by atoms with E-state index in [0.29, 0.717) is 39.1 Å². The van der Waals surface area contributed by atoms with E-state index in [1.165, 1.54) is 0 Å². The van der Waals surface area contributed by atoms with E-state index in [1.54, 1.807) is 0 Å². The highest BCUT2D eigenvalue weighted by atomic mass is 16.5. The summed E-state index contributed by atoms with van der Waals surface area (Å²) in [5, 5.41) is 10.5. The van der Waals surface area contributed by atoms with E-state index < -0.39 is 5.60 Å². The van der Waals surface area contributed by atoms with Crippen LogP contribution in [0, 0.1) is 6.92 Å². The SMILES string of the molecule is Cc1cc(CN)cc(N(C)CC2(O)CCOCC2)n1. The van der Waals surface area contributed by atoms with Crippen LogP contribution in [0.4, 0.5) is 5.82 Å². The molecule has 1 aliphatic heterocycles. The molecule has 1 aromatic heterocycles. The molecule has 1 aliphatic rings.